The molecule has 5 nitrogen and oxygen atoms in total. The number of rotatable bonds is 7. The maximum Gasteiger partial charge on any atom is 0.227 e. The van der Waals surface area contributed by atoms with Crippen molar-refractivity contribution in [3.63, 3.8) is 0 Å². The van der Waals surface area contributed by atoms with E-state index in [1.54, 1.807) is 18.2 Å². The van der Waals surface area contributed by atoms with Gasteiger partial charge in [0.1, 0.15) is 18.2 Å². The lowest BCUT2D eigenvalue weighted by atomic mass is 9.95. The first-order valence-corrected chi connectivity index (χ1v) is 10.1. The number of likely N-dealkylation sites (tertiary alicyclic amines) is 1. The molecule has 0 unspecified atom stereocenters. The number of piperidine rings is 1. The number of benzene rings is 2. The molecule has 0 bridgehead atoms. The molecule has 2 amide bonds. The standard InChI is InChI=1S/C23H27FN2O3/c1-2-4-22(27)26-13-11-18(12-14-26)23(28)25-20-5-3-6-21(15-20)29-16-17-7-9-19(24)10-8-17/h3,5-10,15,18H,2,4,11-14,16H2,1H3,(H,25,28). The van der Waals surface area contributed by atoms with Gasteiger partial charge in [0.2, 0.25) is 11.8 Å². The third kappa shape index (κ3) is 6.04. The van der Waals surface area contributed by atoms with E-state index >= 15 is 0 Å². The molecule has 2 aromatic carbocycles. The van der Waals surface area contributed by atoms with Gasteiger partial charge in [0.15, 0.2) is 0 Å². The molecular weight excluding hydrogens is 371 g/mol. The van der Waals surface area contributed by atoms with E-state index in [1.807, 2.05) is 30.0 Å². The third-order valence-electron chi connectivity index (χ3n) is 5.10. The molecule has 0 aliphatic carbocycles. The Hall–Kier alpha value is -2.89. The Morgan fingerprint density at radius 3 is 2.55 bits per heavy atom. The minimum Gasteiger partial charge on any atom is -0.489 e. The molecule has 1 heterocycles. The molecule has 3 rings (SSSR count). The predicted molar refractivity (Wildman–Crippen MR) is 110 cm³/mol. The molecule has 0 spiro atoms. The van der Waals surface area contributed by atoms with E-state index in [4.69, 9.17) is 4.74 Å². The normalized spacial score (nSPS) is 14.5. The summed E-state index contributed by atoms with van der Waals surface area (Å²) in [7, 11) is 0. The van der Waals surface area contributed by atoms with Gasteiger partial charge < -0.3 is 15.0 Å². The fraction of sp³-hybridized carbons (Fsp3) is 0.391. The van der Waals surface area contributed by atoms with Crippen molar-refractivity contribution in [1.82, 2.24) is 4.90 Å². The van der Waals surface area contributed by atoms with E-state index in [-0.39, 0.29) is 23.5 Å². The first-order chi connectivity index (χ1) is 14.0. The summed E-state index contributed by atoms with van der Waals surface area (Å²) >= 11 is 0. The van der Waals surface area contributed by atoms with Gasteiger partial charge in [-0.25, -0.2) is 4.39 Å². The van der Waals surface area contributed by atoms with Crippen LogP contribution in [0.15, 0.2) is 48.5 Å². The molecular formula is C23H27FN2O3. The first-order valence-electron chi connectivity index (χ1n) is 10.1. The van der Waals surface area contributed by atoms with Crippen LogP contribution < -0.4 is 10.1 Å². The van der Waals surface area contributed by atoms with Crippen molar-refractivity contribution in [3.05, 3.63) is 59.9 Å². The van der Waals surface area contributed by atoms with Crippen molar-refractivity contribution < 1.29 is 18.7 Å². The summed E-state index contributed by atoms with van der Waals surface area (Å²) in [6, 6.07) is 13.4. The minimum absolute atomic E-state index is 0.0247. The molecule has 1 aliphatic heterocycles. The minimum atomic E-state index is -0.279. The van der Waals surface area contributed by atoms with Gasteiger partial charge in [-0.3, -0.25) is 9.59 Å². The van der Waals surface area contributed by atoms with Gasteiger partial charge >= 0.3 is 0 Å². The molecule has 6 heteroatoms. The lowest BCUT2D eigenvalue weighted by Crippen LogP contribution is -2.41. The second-order valence-corrected chi connectivity index (χ2v) is 7.34. The number of hydrogen-bond acceptors (Lipinski definition) is 3. The van der Waals surface area contributed by atoms with E-state index in [0.717, 1.165) is 12.0 Å². The number of anilines is 1. The van der Waals surface area contributed by atoms with Crippen LogP contribution in [0.5, 0.6) is 5.75 Å². The van der Waals surface area contributed by atoms with Crippen LogP contribution >= 0.6 is 0 Å². The topological polar surface area (TPSA) is 58.6 Å². The second-order valence-electron chi connectivity index (χ2n) is 7.34. The summed E-state index contributed by atoms with van der Waals surface area (Å²) in [5, 5.41) is 2.95. The number of ether oxygens (including phenoxy) is 1. The van der Waals surface area contributed by atoms with Crippen molar-refractivity contribution in [2.45, 2.75) is 39.2 Å². The number of carbonyl (C=O) groups excluding carboxylic acids is 2. The average molecular weight is 398 g/mol. The van der Waals surface area contributed by atoms with Crippen molar-refractivity contribution >= 4 is 17.5 Å². The van der Waals surface area contributed by atoms with Crippen molar-refractivity contribution in [1.29, 1.82) is 0 Å². The molecule has 1 aliphatic rings. The van der Waals surface area contributed by atoms with Crippen LogP contribution in [0.2, 0.25) is 0 Å². The highest BCUT2D eigenvalue weighted by atomic mass is 19.1. The van der Waals surface area contributed by atoms with Gasteiger partial charge in [-0.2, -0.15) is 0 Å². The third-order valence-corrected chi connectivity index (χ3v) is 5.10. The van der Waals surface area contributed by atoms with Crippen molar-refractivity contribution in [3.8, 4) is 5.75 Å². The monoisotopic (exact) mass is 398 g/mol. The molecule has 29 heavy (non-hydrogen) atoms. The summed E-state index contributed by atoms with van der Waals surface area (Å²) in [6.45, 7) is 3.59. The van der Waals surface area contributed by atoms with Gasteiger partial charge in [0.25, 0.3) is 0 Å². The Kier molecular flexibility index (Phi) is 7.22. The van der Waals surface area contributed by atoms with Crippen LogP contribution in [0.4, 0.5) is 10.1 Å². The summed E-state index contributed by atoms with van der Waals surface area (Å²) in [5.74, 6) is 0.413. The van der Waals surface area contributed by atoms with Crippen molar-refractivity contribution in [2.75, 3.05) is 18.4 Å². The molecule has 0 atom stereocenters. The Morgan fingerprint density at radius 1 is 1.14 bits per heavy atom. The maximum atomic E-state index is 13.0. The Balaban J connectivity index is 1.50. The molecule has 0 saturated carbocycles. The molecule has 1 N–H and O–H groups in total. The first kappa shape index (κ1) is 20.8. The molecule has 0 aromatic heterocycles. The molecule has 0 radical (unpaired) electrons. The van der Waals surface area contributed by atoms with Crippen LogP contribution in [0, 0.1) is 11.7 Å². The quantitative estimate of drug-likeness (QED) is 0.753. The average Bonchev–Trinajstić information content (AvgIpc) is 2.74. The fourth-order valence-electron chi connectivity index (χ4n) is 3.42. The number of carbonyl (C=O) groups is 2. The van der Waals surface area contributed by atoms with Crippen LogP contribution in [0.1, 0.15) is 38.2 Å². The Bertz CT molecular complexity index is 830. The van der Waals surface area contributed by atoms with E-state index in [0.29, 0.717) is 50.4 Å². The van der Waals surface area contributed by atoms with E-state index in [9.17, 15) is 14.0 Å². The highest BCUT2D eigenvalue weighted by Crippen LogP contribution is 2.23. The van der Waals surface area contributed by atoms with Gasteiger partial charge in [-0.05, 0) is 49.1 Å². The molecule has 1 fully saturated rings. The van der Waals surface area contributed by atoms with E-state index in [2.05, 4.69) is 5.32 Å². The predicted octanol–water partition coefficient (Wildman–Crippen LogP) is 4.38. The largest absolute Gasteiger partial charge is 0.489 e. The lowest BCUT2D eigenvalue weighted by Gasteiger charge is -2.31. The summed E-state index contributed by atoms with van der Waals surface area (Å²) in [6.07, 6.45) is 2.78. The highest BCUT2D eigenvalue weighted by molar-refractivity contribution is 5.93. The molecule has 154 valence electrons. The summed E-state index contributed by atoms with van der Waals surface area (Å²) < 4.78 is 18.7. The Morgan fingerprint density at radius 2 is 1.86 bits per heavy atom. The van der Waals surface area contributed by atoms with Gasteiger partial charge in [-0.15, -0.1) is 0 Å². The summed E-state index contributed by atoms with van der Waals surface area (Å²) in [4.78, 5) is 26.4. The fourth-order valence-corrected chi connectivity index (χ4v) is 3.42. The molecule has 2 aromatic rings. The number of halogens is 1. The number of nitrogens with one attached hydrogen (secondary N) is 1. The number of hydrogen-bond donors (Lipinski definition) is 1. The number of amides is 2. The Labute approximate surface area is 170 Å². The molecule has 1 saturated heterocycles. The van der Waals surface area contributed by atoms with Gasteiger partial charge in [0, 0.05) is 37.2 Å². The number of nitrogens with zero attached hydrogens (tertiary/aromatic N) is 1. The van der Waals surface area contributed by atoms with Crippen LogP contribution in [-0.2, 0) is 16.2 Å². The second kappa shape index (κ2) is 10.0. The van der Waals surface area contributed by atoms with Crippen LogP contribution in [0.25, 0.3) is 0 Å². The highest BCUT2D eigenvalue weighted by Gasteiger charge is 2.27. The van der Waals surface area contributed by atoms with Gasteiger partial charge in [0.05, 0.1) is 0 Å². The SMILES string of the molecule is CCCC(=O)N1CCC(C(=O)Nc2cccc(OCc3ccc(F)cc3)c2)CC1. The van der Waals surface area contributed by atoms with Gasteiger partial charge in [-0.1, -0.05) is 25.1 Å². The zero-order valence-electron chi connectivity index (χ0n) is 16.7. The van der Waals surface area contributed by atoms with Crippen LogP contribution in [-0.4, -0.2) is 29.8 Å². The zero-order valence-corrected chi connectivity index (χ0v) is 16.7. The smallest absolute Gasteiger partial charge is 0.227 e. The van der Waals surface area contributed by atoms with E-state index < -0.39 is 0 Å². The van der Waals surface area contributed by atoms with Crippen molar-refractivity contribution in [2.24, 2.45) is 5.92 Å². The zero-order chi connectivity index (χ0) is 20.6. The lowest BCUT2D eigenvalue weighted by molar-refractivity contribution is -0.134. The van der Waals surface area contributed by atoms with Crippen LogP contribution in [0.3, 0.4) is 0 Å². The summed E-state index contributed by atoms with van der Waals surface area (Å²) in [5.41, 5.74) is 1.54. The van der Waals surface area contributed by atoms with E-state index in [1.165, 1.54) is 12.1 Å². The maximum absolute atomic E-state index is 13.0.